The minimum Gasteiger partial charge on any atom is -0.339 e. The SMILES string of the molecule is N#Cc1ccccc1Nc1nc(=O)[nH]c2c1CNCC2. The van der Waals surface area contributed by atoms with Crippen LogP contribution in [-0.2, 0) is 13.0 Å². The number of hydrogen-bond donors (Lipinski definition) is 3. The zero-order valence-electron chi connectivity index (χ0n) is 10.7. The Labute approximate surface area is 115 Å². The first-order valence-corrected chi connectivity index (χ1v) is 6.37. The maximum atomic E-state index is 11.6. The summed E-state index contributed by atoms with van der Waals surface area (Å²) in [7, 11) is 0. The number of rotatable bonds is 2. The molecule has 0 unspecified atom stereocenters. The number of H-pyrrole nitrogens is 1. The van der Waals surface area contributed by atoms with E-state index in [9.17, 15) is 4.79 Å². The Hall–Kier alpha value is -2.65. The van der Waals surface area contributed by atoms with Crippen LogP contribution < -0.4 is 16.3 Å². The van der Waals surface area contributed by atoms with Crippen LogP contribution in [0, 0.1) is 11.3 Å². The molecule has 1 aromatic heterocycles. The van der Waals surface area contributed by atoms with Gasteiger partial charge in [-0.1, -0.05) is 12.1 Å². The van der Waals surface area contributed by atoms with Crippen LogP contribution in [-0.4, -0.2) is 16.5 Å². The normalized spacial score (nSPS) is 13.3. The molecule has 1 aliphatic rings. The van der Waals surface area contributed by atoms with Crippen LogP contribution in [0.4, 0.5) is 11.5 Å². The Balaban J connectivity index is 2.05. The number of aromatic nitrogens is 2. The molecule has 6 nitrogen and oxygen atoms in total. The average Bonchev–Trinajstić information content (AvgIpc) is 2.47. The fourth-order valence-electron chi connectivity index (χ4n) is 2.30. The summed E-state index contributed by atoms with van der Waals surface area (Å²) in [5, 5.41) is 15.4. The molecule has 1 aliphatic heterocycles. The lowest BCUT2D eigenvalue weighted by molar-refractivity contribution is 0.624. The van der Waals surface area contributed by atoms with Gasteiger partial charge in [0, 0.05) is 30.8 Å². The highest BCUT2D eigenvalue weighted by molar-refractivity contribution is 5.66. The van der Waals surface area contributed by atoms with Crippen molar-refractivity contribution >= 4 is 11.5 Å². The zero-order chi connectivity index (χ0) is 13.9. The molecule has 20 heavy (non-hydrogen) atoms. The molecule has 2 aromatic rings. The Morgan fingerprint density at radius 2 is 2.20 bits per heavy atom. The van der Waals surface area contributed by atoms with Crippen molar-refractivity contribution in [3.63, 3.8) is 0 Å². The van der Waals surface area contributed by atoms with E-state index < -0.39 is 0 Å². The number of hydrogen-bond acceptors (Lipinski definition) is 5. The van der Waals surface area contributed by atoms with Gasteiger partial charge in [0.2, 0.25) is 0 Å². The Morgan fingerprint density at radius 3 is 3.05 bits per heavy atom. The highest BCUT2D eigenvalue weighted by atomic mass is 16.1. The van der Waals surface area contributed by atoms with E-state index in [2.05, 4.69) is 26.7 Å². The van der Waals surface area contributed by atoms with E-state index in [-0.39, 0.29) is 5.69 Å². The van der Waals surface area contributed by atoms with Gasteiger partial charge in [-0.05, 0) is 12.1 Å². The summed E-state index contributed by atoms with van der Waals surface area (Å²) in [5.74, 6) is 0.513. The molecule has 0 bridgehead atoms. The summed E-state index contributed by atoms with van der Waals surface area (Å²) in [6.07, 6.45) is 0.766. The first-order chi connectivity index (χ1) is 9.78. The van der Waals surface area contributed by atoms with E-state index in [1.807, 2.05) is 6.07 Å². The van der Waals surface area contributed by atoms with Crippen molar-refractivity contribution in [2.75, 3.05) is 11.9 Å². The number of nitriles is 1. The number of anilines is 2. The van der Waals surface area contributed by atoms with Gasteiger partial charge in [0.05, 0.1) is 11.3 Å². The van der Waals surface area contributed by atoms with Crippen molar-refractivity contribution in [2.45, 2.75) is 13.0 Å². The minimum absolute atomic E-state index is 0.373. The zero-order valence-corrected chi connectivity index (χ0v) is 10.7. The largest absolute Gasteiger partial charge is 0.347 e. The standard InChI is InChI=1S/C14H13N5O/c15-7-9-3-1-2-4-11(9)17-13-10-8-16-6-5-12(10)18-14(20)19-13/h1-4,16H,5-6,8H2,(H2,17,18,19,20). The molecule has 3 N–H and O–H groups in total. The van der Waals surface area contributed by atoms with Crippen LogP contribution >= 0.6 is 0 Å². The molecule has 6 heteroatoms. The third kappa shape index (κ3) is 2.27. The second kappa shape index (κ2) is 5.15. The van der Waals surface area contributed by atoms with Gasteiger partial charge >= 0.3 is 5.69 Å². The van der Waals surface area contributed by atoms with Crippen molar-refractivity contribution in [3.8, 4) is 6.07 Å². The number of nitrogens with zero attached hydrogens (tertiary/aromatic N) is 2. The first kappa shape index (κ1) is 12.4. The lowest BCUT2D eigenvalue weighted by atomic mass is 10.1. The van der Waals surface area contributed by atoms with Crippen LogP contribution in [0.5, 0.6) is 0 Å². The molecule has 100 valence electrons. The van der Waals surface area contributed by atoms with Crippen molar-refractivity contribution in [3.05, 3.63) is 51.6 Å². The topological polar surface area (TPSA) is 93.6 Å². The number of aromatic amines is 1. The summed E-state index contributed by atoms with van der Waals surface area (Å²) in [6.45, 7) is 1.48. The van der Waals surface area contributed by atoms with Gasteiger partial charge in [0.25, 0.3) is 0 Å². The van der Waals surface area contributed by atoms with Gasteiger partial charge in [-0.25, -0.2) is 4.79 Å². The maximum Gasteiger partial charge on any atom is 0.347 e. The van der Waals surface area contributed by atoms with Gasteiger partial charge < -0.3 is 15.6 Å². The molecular formula is C14H13N5O. The molecule has 2 heterocycles. The monoisotopic (exact) mass is 267 g/mol. The van der Waals surface area contributed by atoms with Crippen molar-refractivity contribution in [2.24, 2.45) is 0 Å². The average molecular weight is 267 g/mol. The minimum atomic E-state index is -0.373. The summed E-state index contributed by atoms with van der Waals surface area (Å²) < 4.78 is 0. The molecule has 0 amide bonds. The number of benzene rings is 1. The van der Waals surface area contributed by atoms with Gasteiger partial charge in [-0.3, -0.25) is 0 Å². The molecule has 0 fully saturated rings. The lowest BCUT2D eigenvalue weighted by Crippen LogP contribution is -2.29. The smallest absolute Gasteiger partial charge is 0.339 e. The Morgan fingerprint density at radius 1 is 1.35 bits per heavy atom. The molecular weight excluding hydrogens is 254 g/mol. The summed E-state index contributed by atoms with van der Waals surface area (Å²) in [5.41, 5.74) is 2.65. The van der Waals surface area contributed by atoms with Crippen LogP contribution in [0.2, 0.25) is 0 Å². The maximum absolute atomic E-state index is 11.6. The summed E-state index contributed by atoms with van der Waals surface area (Å²) >= 11 is 0. The quantitative estimate of drug-likeness (QED) is 0.755. The van der Waals surface area contributed by atoms with Gasteiger partial charge in [0.15, 0.2) is 0 Å². The van der Waals surface area contributed by atoms with Crippen LogP contribution in [0.3, 0.4) is 0 Å². The Bertz CT molecular complexity index is 744. The molecule has 3 rings (SSSR count). The van der Waals surface area contributed by atoms with Crippen molar-refractivity contribution in [1.29, 1.82) is 5.26 Å². The van der Waals surface area contributed by atoms with Gasteiger partial charge in [-0.15, -0.1) is 0 Å². The van der Waals surface area contributed by atoms with Gasteiger partial charge in [0.1, 0.15) is 11.9 Å². The number of fused-ring (bicyclic) bond motifs is 1. The summed E-state index contributed by atoms with van der Waals surface area (Å²) in [6, 6.07) is 9.27. The first-order valence-electron chi connectivity index (χ1n) is 6.37. The highest BCUT2D eigenvalue weighted by Crippen LogP contribution is 2.23. The number of nitrogens with one attached hydrogen (secondary N) is 3. The molecule has 0 radical (unpaired) electrons. The molecule has 0 saturated carbocycles. The van der Waals surface area contributed by atoms with Crippen molar-refractivity contribution < 1.29 is 0 Å². The van der Waals surface area contributed by atoms with E-state index in [4.69, 9.17) is 5.26 Å². The van der Waals surface area contributed by atoms with E-state index >= 15 is 0 Å². The fraction of sp³-hybridized carbons (Fsp3) is 0.214. The third-order valence-corrected chi connectivity index (χ3v) is 3.28. The van der Waals surface area contributed by atoms with E-state index in [1.54, 1.807) is 18.2 Å². The van der Waals surface area contributed by atoms with Crippen LogP contribution in [0.25, 0.3) is 0 Å². The van der Waals surface area contributed by atoms with E-state index in [0.29, 0.717) is 23.6 Å². The molecule has 0 spiro atoms. The van der Waals surface area contributed by atoms with Crippen LogP contribution in [0.15, 0.2) is 29.1 Å². The summed E-state index contributed by atoms with van der Waals surface area (Å²) in [4.78, 5) is 18.4. The second-order valence-corrected chi connectivity index (χ2v) is 4.56. The predicted octanol–water partition coefficient (Wildman–Crippen LogP) is 1.03. The number of para-hydroxylation sites is 1. The predicted molar refractivity (Wildman–Crippen MR) is 74.7 cm³/mol. The molecule has 1 aromatic carbocycles. The molecule has 0 saturated heterocycles. The third-order valence-electron chi connectivity index (χ3n) is 3.28. The van der Waals surface area contributed by atoms with Crippen LogP contribution in [0.1, 0.15) is 16.8 Å². The highest BCUT2D eigenvalue weighted by Gasteiger charge is 2.16. The van der Waals surface area contributed by atoms with Crippen molar-refractivity contribution in [1.82, 2.24) is 15.3 Å². The molecule has 0 aliphatic carbocycles. The molecule has 0 atom stereocenters. The van der Waals surface area contributed by atoms with E-state index in [0.717, 1.165) is 24.2 Å². The Kier molecular flexibility index (Phi) is 3.19. The lowest BCUT2D eigenvalue weighted by Gasteiger charge is -2.19. The van der Waals surface area contributed by atoms with Gasteiger partial charge in [-0.2, -0.15) is 10.2 Å². The second-order valence-electron chi connectivity index (χ2n) is 4.56. The fourth-order valence-corrected chi connectivity index (χ4v) is 2.30. The van der Waals surface area contributed by atoms with E-state index in [1.165, 1.54) is 0 Å².